The number of morpholine rings is 1. The number of amides is 4. The summed E-state index contributed by atoms with van der Waals surface area (Å²) in [5.74, 6) is -5.01. The number of anilines is 1. The molecule has 4 rings (SSSR count). The van der Waals surface area contributed by atoms with E-state index in [1.807, 2.05) is 0 Å². The number of hydrogen-bond donors (Lipinski definition) is 3. The van der Waals surface area contributed by atoms with Gasteiger partial charge in [-0.15, -0.1) is 0 Å². The molecular formula is C30H35FN4O8. The molecule has 4 amide bonds. The maximum atomic E-state index is 15.4. The van der Waals surface area contributed by atoms with Crippen molar-refractivity contribution in [2.75, 3.05) is 31.6 Å². The number of likely N-dealkylation sites (tertiary alicyclic amines) is 1. The molecule has 0 aromatic heterocycles. The maximum absolute atomic E-state index is 15.4. The Morgan fingerprint density at radius 2 is 1.74 bits per heavy atom. The Labute approximate surface area is 247 Å². The number of carbonyl (C=O) groups is 5. The van der Waals surface area contributed by atoms with Crippen LogP contribution in [0.2, 0.25) is 0 Å². The summed E-state index contributed by atoms with van der Waals surface area (Å²) in [7, 11) is 0. The molecule has 0 bridgehead atoms. The predicted octanol–water partition coefficient (Wildman–Crippen LogP) is 2.72. The van der Waals surface area contributed by atoms with E-state index in [9.17, 15) is 29.1 Å². The highest BCUT2D eigenvalue weighted by Gasteiger charge is 2.53. The van der Waals surface area contributed by atoms with Crippen LogP contribution in [0.15, 0.2) is 42.5 Å². The lowest BCUT2D eigenvalue weighted by molar-refractivity contribution is -0.164. The van der Waals surface area contributed by atoms with Crippen molar-refractivity contribution in [3.8, 4) is 0 Å². The summed E-state index contributed by atoms with van der Waals surface area (Å²) in [4.78, 5) is 68.2. The number of carbonyl (C=O) groups excluding carboxylic acids is 4. The van der Waals surface area contributed by atoms with Crippen LogP contribution in [0, 0.1) is 11.7 Å². The molecule has 43 heavy (non-hydrogen) atoms. The van der Waals surface area contributed by atoms with Crippen LogP contribution in [-0.4, -0.2) is 82.6 Å². The SMILES string of the molecule is CC(C)(C)OC(=O)C1CC(C(=O)N2CCOCC2)C(c2ccccc2F)N1C(=O)Cc1c(NC(N)=O)cccc1C(=O)O. The van der Waals surface area contributed by atoms with Gasteiger partial charge in [-0.3, -0.25) is 9.59 Å². The van der Waals surface area contributed by atoms with E-state index in [0.29, 0.717) is 26.3 Å². The van der Waals surface area contributed by atoms with Gasteiger partial charge in [0.2, 0.25) is 11.8 Å². The molecule has 13 heteroatoms. The molecule has 2 fully saturated rings. The average Bonchev–Trinajstić information content (AvgIpc) is 3.34. The number of hydrogen-bond acceptors (Lipinski definition) is 7. The number of benzene rings is 2. The monoisotopic (exact) mass is 598 g/mol. The smallest absolute Gasteiger partial charge is 0.336 e. The fourth-order valence-corrected chi connectivity index (χ4v) is 5.58. The largest absolute Gasteiger partial charge is 0.478 e. The molecule has 2 aromatic carbocycles. The number of carboxylic acid groups (broad SMARTS) is 1. The molecule has 230 valence electrons. The van der Waals surface area contributed by atoms with Crippen molar-refractivity contribution < 1.29 is 42.9 Å². The average molecular weight is 599 g/mol. The summed E-state index contributed by atoms with van der Waals surface area (Å²) >= 11 is 0. The number of urea groups is 1. The van der Waals surface area contributed by atoms with Gasteiger partial charge in [0.15, 0.2) is 0 Å². The predicted molar refractivity (Wildman–Crippen MR) is 151 cm³/mol. The summed E-state index contributed by atoms with van der Waals surface area (Å²) in [6, 6.07) is 6.20. The maximum Gasteiger partial charge on any atom is 0.336 e. The van der Waals surface area contributed by atoms with Crippen LogP contribution in [0.5, 0.6) is 0 Å². The third-order valence-electron chi connectivity index (χ3n) is 7.32. The van der Waals surface area contributed by atoms with Crippen LogP contribution in [0.4, 0.5) is 14.9 Å². The standard InChI is InChI=1S/C30H35FN4O8/c1-30(2,3)43-28(40)23-15-20(26(37)34-11-13-42-14-12-34)25(18-7-4-5-9-21(18)31)35(23)24(36)16-19-17(27(38)39)8-6-10-22(19)33-29(32)41/h4-10,20,23,25H,11-16H2,1-3H3,(H,38,39)(H3,32,33,41). The van der Waals surface area contributed by atoms with Crippen molar-refractivity contribution in [2.45, 2.75) is 51.3 Å². The van der Waals surface area contributed by atoms with Crippen molar-refractivity contribution in [1.82, 2.24) is 9.80 Å². The minimum atomic E-state index is -1.37. The summed E-state index contributed by atoms with van der Waals surface area (Å²) in [6.45, 7) is 6.16. The zero-order valence-electron chi connectivity index (χ0n) is 24.2. The highest BCUT2D eigenvalue weighted by Crippen LogP contribution is 2.44. The molecule has 3 atom stereocenters. The molecule has 0 aliphatic carbocycles. The Hall–Kier alpha value is -4.52. The molecule has 2 aliphatic heterocycles. The quantitative estimate of drug-likeness (QED) is 0.409. The lowest BCUT2D eigenvalue weighted by Gasteiger charge is -2.34. The molecule has 2 saturated heterocycles. The molecule has 2 aliphatic rings. The number of ether oxygens (including phenoxy) is 2. The Morgan fingerprint density at radius 1 is 1.07 bits per heavy atom. The molecule has 12 nitrogen and oxygen atoms in total. The fraction of sp³-hybridized carbons (Fsp3) is 0.433. The summed E-state index contributed by atoms with van der Waals surface area (Å²) in [5, 5.41) is 12.2. The first-order valence-electron chi connectivity index (χ1n) is 13.8. The normalized spacial score (nSPS) is 20.4. The molecule has 0 saturated carbocycles. The van der Waals surface area contributed by atoms with Gasteiger partial charge in [0.25, 0.3) is 0 Å². The van der Waals surface area contributed by atoms with E-state index in [0.717, 1.165) is 4.90 Å². The van der Waals surface area contributed by atoms with Crippen molar-refractivity contribution in [3.05, 3.63) is 65.0 Å². The number of aromatic carboxylic acids is 1. The number of rotatable bonds is 7. The van der Waals surface area contributed by atoms with Gasteiger partial charge in [-0.25, -0.2) is 18.8 Å². The molecule has 0 spiro atoms. The van der Waals surface area contributed by atoms with Gasteiger partial charge >= 0.3 is 18.0 Å². The minimum Gasteiger partial charge on any atom is -0.478 e. The van der Waals surface area contributed by atoms with E-state index >= 15 is 4.39 Å². The summed E-state index contributed by atoms with van der Waals surface area (Å²) in [5.41, 5.74) is 3.99. The van der Waals surface area contributed by atoms with Gasteiger partial charge in [-0.05, 0) is 51.0 Å². The van der Waals surface area contributed by atoms with Gasteiger partial charge < -0.3 is 35.4 Å². The summed E-state index contributed by atoms with van der Waals surface area (Å²) < 4.78 is 26.4. The first kappa shape index (κ1) is 31.4. The number of carboxylic acids is 1. The summed E-state index contributed by atoms with van der Waals surface area (Å²) in [6.07, 6.45) is -0.760. The highest BCUT2D eigenvalue weighted by atomic mass is 19.1. The van der Waals surface area contributed by atoms with E-state index in [2.05, 4.69) is 5.32 Å². The lowest BCUT2D eigenvalue weighted by Crippen LogP contribution is -2.47. The highest BCUT2D eigenvalue weighted by molar-refractivity contribution is 5.98. The van der Waals surface area contributed by atoms with Gasteiger partial charge in [-0.1, -0.05) is 24.3 Å². The minimum absolute atomic E-state index is 0.0165. The van der Waals surface area contributed by atoms with Gasteiger partial charge in [0.05, 0.1) is 37.2 Å². The Morgan fingerprint density at radius 3 is 2.35 bits per heavy atom. The van der Waals surface area contributed by atoms with Gasteiger partial charge in [0, 0.05) is 24.3 Å². The van der Waals surface area contributed by atoms with E-state index in [1.165, 1.54) is 36.4 Å². The van der Waals surface area contributed by atoms with Gasteiger partial charge in [-0.2, -0.15) is 0 Å². The van der Waals surface area contributed by atoms with E-state index in [1.54, 1.807) is 31.7 Å². The molecule has 0 radical (unpaired) electrons. The van der Waals surface area contributed by atoms with Crippen molar-refractivity contribution in [1.29, 1.82) is 0 Å². The van der Waals surface area contributed by atoms with Crippen molar-refractivity contribution in [3.63, 3.8) is 0 Å². The Balaban J connectivity index is 1.84. The number of esters is 1. The molecule has 2 heterocycles. The third-order valence-corrected chi connectivity index (χ3v) is 7.32. The van der Waals surface area contributed by atoms with Crippen molar-refractivity contribution in [2.24, 2.45) is 11.7 Å². The second-order valence-electron chi connectivity index (χ2n) is 11.4. The van der Waals surface area contributed by atoms with Crippen LogP contribution in [-0.2, 0) is 30.3 Å². The molecular weight excluding hydrogens is 563 g/mol. The Bertz CT molecular complexity index is 1420. The third kappa shape index (κ3) is 7.11. The van der Waals surface area contributed by atoms with E-state index in [4.69, 9.17) is 15.2 Å². The first-order chi connectivity index (χ1) is 20.3. The number of primary amides is 1. The fourth-order valence-electron chi connectivity index (χ4n) is 5.58. The molecule has 4 N–H and O–H groups in total. The Kier molecular flexibility index (Phi) is 9.34. The zero-order valence-corrected chi connectivity index (χ0v) is 24.2. The lowest BCUT2D eigenvalue weighted by atomic mass is 9.91. The van der Waals surface area contributed by atoms with Crippen LogP contribution in [0.25, 0.3) is 0 Å². The number of nitrogens with zero attached hydrogens (tertiary/aromatic N) is 2. The van der Waals surface area contributed by atoms with Gasteiger partial charge in [0.1, 0.15) is 17.5 Å². The number of nitrogens with one attached hydrogen (secondary N) is 1. The first-order valence-corrected chi connectivity index (χ1v) is 13.8. The molecule has 3 unspecified atom stereocenters. The van der Waals surface area contributed by atoms with E-state index < -0.39 is 59.7 Å². The zero-order chi connectivity index (χ0) is 31.5. The second kappa shape index (κ2) is 12.8. The van der Waals surface area contributed by atoms with Crippen LogP contribution >= 0.6 is 0 Å². The number of nitrogens with two attached hydrogens (primary N) is 1. The molecule has 2 aromatic rings. The van der Waals surface area contributed by atoms with Crippen LogP contribution in [0.1, 0.15) is 54.7 Å². The van der Waals surface area contributed by atoms with E-state index in [-0.39, 0.29) is 34.7 Å². The van der Waals surface area contributed by atoms with Crippen LogP contribution in [0.3, 0.4) is 0 Å². The second-order valence-corrected chi connectivity index (χ2v) is 11.4. The van der Waals surface area contributed by atoms with Crippen molar-refractivity contribution >= 4 is 35.5 Å². The number of halogens is 1. The topological polar surface area (TPSA) is 169 Å². The van der Waals surface area contributed by atoms with Crippen LogP contribution < -0.4 is 11.1 Å².